The Morgan fingerprint density at radius 3 is 2.71 bits per heavy atom. The quantitative estimate of drug-likeness (QED) is 0.446. The first-order valence-corrected chi connectivity index (χ1v) is 6.20. The molecule has 0 saturated carbocycles. The van der Waals surface area contributed by atoms with Crippen molar-refractivity contribution in [1.29, 1.82) is 0 Å². The molecule has 88 valence electrons. The number of benzene rings is 1. The molecule has 2 rings (SSSR count). The maximum atomic E-state index is 5.45. The van der Waals surface area contributed by atoms with E-state index in [1.807, 2.05) is 47.8 Å². The molecule has 0 amide bonds. The summed E-state index contributed by atoms with van der Waals surface area (Å²) in [5, 5.41) is 5.85. The van der Waals surface area contributed by atoms with Gasteiger partial charge in [0.1, 0.15) is 12.4 Å². The molecule has 1 aromatic carbocycles. The van der Waals surface area contributed by atoms with Crippen LogP contribution in [0.25, 0.3) is 0 Å². The highest BCUT2D eigenvalue weighted by molar-refractivity contribution is 7.11. The van der Waals surface area contributed by atoms with Crippen LogP contribution in [0.3, 0.4) is 0 Å². The van der Waals surface area contributed by atoms with E-state index in [4.69, 9.17) is 9.57 Å². The van der Waals surface area contributed by atoms with Crippen LogP contribution in [0, 0.1) is 0 Å². The minimum Gasteiger partial charge on any atom is -0.490 e. The fraction of sp³-hybridized carbons (Fsp3) is 0.154. The van der Waals surface area contributed by atoms with Gasteiger partial charge in [0.15, 0.2) is 6.61 Å². The predicted octanol–water partition coefficient (Wildman–Crippen LogP) is 3.18. The zero-order valence-corrected chi connectivity index (χ0v) is 10.1. The highest BCUT2D eigenvalue weighted by Gasteiger charge is 1.91. The van der Waals surface area contributed by atoms with Gasteiger partial charge in [-0.15, -0.1) is 11.3 Å². The van der Waals surface area contributed by atoms with Crippen LogP contribution in [-0.4, -0.2) is 19.4 Å². The van der Waals surface area contributed by atoms with Gasteiger partial charge in [-0.3, -0.25) is 0 Å². The van der Waals surface area contributed by atoms with Crippen LogP contribution in [0.1, 0.15) is 4.88 Å². The second kappa shape index (κ2) is 6.70. The van der Waals surface area contributed by atoms with Crippen molar-refractivity contribution in [2.75, 3.05) is 13.2 Å². The molecule has 2 aromatic rings. The normalized spacial score (nSPS) is 10.6. The van der Waals surface area contributed by atoms with E-state index in [9.17, 15) is 0 Å². The van der Waals surface area contributed by atoms with Gasteiger partial charge < -0.3 is 9.57 Å². The summed E-state index contributed by atoms with van der Waals surface area (Å²) in [6.45, 7) is 0.933. The van der Waals surface area contributed by atoms with Gasteiger partial charge in [-0.1, -0.05) is 29.4 Å². The van der Waals surface area contributed by atoms with Gasteiger partial charge in [0.25, 0.3) is 0 Å². The number of rotatable bonds is 6. The molecule has 0 radical (unpaired) electrons. The summed E-state index contributed by atoms with van der Waals surface area (Å²) in [6.07, 6.45) is 1.70. The maximum absolute atomic E-state index is 5.45. The van der Waals surface area contributed by atoms with Gasteiger partial charge in [0, 0.05) is 4.88 Å². The van der Waals surface area contributed by atoms with Crippen LogP contribution < -0.4 is 4.74 Å². The topological polar surface area (TPSA) is 30.8 Å². The van der Waals surface area contributed by atoms with Crippen LogP contribution in [-0.2, 0) is 4.84 Å². The molecule has 4 heteroatoms. The van der Waals surface area contributed by atoms with Crippen molar-refractivity contribution < 1.29 is 9.57 Å². The van der Waals surface area contributed by atoms with Crippen molar-refractivity contribution in [3.63, 3.8) is 0 Å². The van der Waals surface area contributed by atoms with Gasteiger partial charge in [-0.25, -0.2) is 0 Å². The molecule has 1 aromatic heterocycles. The third-order valence-corrected chi connectivity index (χ3v) is 2.79. The van der Waals surface area contributed by atoms with Crippen LogP contribution in [0.4, 0.5) is 0 Å². The molecule has 0 saturated heterocycles. The molecule has 0 aliphatic carbocycles. The Balaban J connectivity index is 1.61. The Hall–Kier alpha value is -1.81. The molecular formula is C13H13NO2S. The number of thiophene rings is 1. The first-order chi connectivity index (χ1) is 8.45. The van der Waals surface area contributed by atoms with Crippen molar-refractivity contribution in [3.8, 4) is 5.75 Å². The van der Waals surface area contributed by atoms with Crippen molar-refractivity contribution in [3.05, 3.63) is 52.7 Å². The lowest BCUT2D eigenvalue weighted by Crippen LogP contribution is -2.03. The number of ether oxygens (including phenoxy) is 1. The zero-order valence-electron chi connectivity index (χ0n) is 9.28. The fourth-order valence-electron chi connectivity index (χ4n) is 1.22. The molecule has 0 spiro atoms. The fourth-order valence-corrected chi connectivity index (χ4v) is 1.80. The van der Waals surface area contributed by atoms with Crippen molar-refractivity contribution in [2.24, 2.45) is 5.16 Å². The van der Waals surface area contributed by atoms with Crippen molar-refractivity contribution in [2.45, 2.75) is 0 Å². The van der Waals surface area contributed by atoms with E-state index in [2.05, 4.69) is 5.16 Å². The van der Waals surface area contributed by atoms with Crippen LogP contribution >= 0.6 is 11.3 Å². The first-order valence-electron chi connectivity index (χ1n) is 5.32. The standard InChI is InChI=1S/C13H13NO2S/c1-2-5-12(6-3-1)15-8-9-16-14-11-13-7-4-10-17-13/h1-7,10-11H,8-9H2. The average Bonchev–Trinajstić information content (AvgIpc) is 2.88. The number of para-hydroxylation sites is 1. The van der Waals surface area contributed by atoms with Gasteiger partial charge in [0.2, 0.25) is 0 Å². The smallest absolute Gasteiger partial charge is 0.151 e. The minimum atomic E-state index is 0.441. The van der Waals surface area contributed by atoms with Crippen molar-refractivity contribution in [1.82, 2.24) is 0 Å². The van der Waals surface area contributed by atoms with E-state index >= 15 is 0 Å². The highest BCUT2D eigenvalue weighted by Crippen LogP contribution is 2.07. The summed E-state index contributed by atoms with van der Waals surface area (Å²) in [7, 11) is 0. The van der Waals surface area contributed by atoms with Gasteiger partial charge in [-0.2, -0.15) is 0 Å². The molecule has 1 heterocycles. The molecular weight excluding hydrogens is 234 g/mol. The van der Waals surface area contributed by atoms with Crippen LogP contribution in [0.5, 0.6) is 5.75 Å². The molecule has 0 bridgehead atoms. The Labute approximate surface area is 104 Å². The summed E-state index contributed by atoms with van der Waals surface area (Å²) in [5.74, 6) is 0.846. The molecule has 3 nitrogen and oxygen atoms in total. The van der Waals surface area contributed by atoms with E-state index < -0.39 is 0 Å². The highest BCUT2D eigenvalue weighted by atomic mass is 32.1. The monoisotopic (exact) mass is 247 g/mol. The van der Waals surface area contributed by atoms with E-state index in [-0.39, 0.29) is 0 Å². The van der Waals surface area contributed by atoms with E-state index in [0.29, 0.717) is 13.2 Å². The lowest BCUT2D eigenvalue weighted by molar-refractivity contribution is 0.108. The number of oxime groups is 1. The summed E-state index contributed by atoms with van der Waals surface area (Å²) >= 11 is 1.62. The van der Waals surface area contributed by atoms with Crippen LogP contribution in [0.15, 0.2) is 53.0 Å². The second-order valence-corrected chi connectivity index (χ2v) is 4.22. The van der Waals surface area contributed by atoms with Gasteiger partial charge in [-0.05, 0) is 23.6 Å². The van der Waals surface area contributed by atoms with Crippen molar-refractivity contribution >= 4 is 17.6 Å². The maximum Gasteiger partial charge on any atom is 0.151 e. The largest absolute Gasteiger partial charge is 0.490 e. The molecule has 0 N–H and O–H groups in total. The molecule has 0 aliphatic rings. The lowest BCUT2D eigenvalue weighted by atomic mass is 10.3. The predicted molar refractivity (Wildman–Crippen MR) is 69.8 cm³/mol. The molecule has 0 aliphatic heterocycles. The number of nitrogens with zero attached hydrogens (tertiary/aromatic N) is 1. The van der Waals surface area contributed by atoms with Gasteiger partial charge >= 0.3 is 0 Å². The average molecular weight is 247 g/mol. The lowest BCUT2D eigenvalue weighted by Gasteiger charge is -2.03. The third-order valence-electron chi connectivity index (χ3n) is 1.98. The van der Waals surface area contributed by atoms with Crippen LogP contribution in [0.2, 0.25) is 0 Å². The Kier molecular flexibility index (Phi) is 4.60. The third kappa shape index (κ3) is 4.28. The van der Waals surface area contributed by atoms with E-state index in [0.717, 1.165) is 10.6 Å². The molecule has 0 fully saturated rings. The van der Waals surface area contributed by atoms with E-state index in [1.54, 1.807) is 17.6 Å². The summed E-state index contributed by atoms with van der Waals surface area (Å²) < 4.78 is 5.45. The summed E-state index contributed by atoms with van der Waals surface area (Å²) in [5.41, 5.74) is 0. The first kappa shape index (κ1) is 11.7. The van der Waals surface area contributed by atoms with E-state index in [1.165, 1.54) is 0 Å². The summed E-state index contributed by atoms with van der Waals surface area (Å²) in [4.78, 5) is 6.16. The molecule has 0 unspecified atom stereocenters. The van der Waals surface area contributed by atoms with Gasteiger partial charge in [0.05, 0.1) is 6.21 Å². The number of hydrogen-bond acceptors (Lipinski definition) is 4. The second-order valence-electron chi connectivity index (χ2n) is 3.24. The SMILES string of the molecule is C(=NOCCOc1ccccc1)c1cccs1. The number of hydrogen-bond donors (Lipinski definition) is 0. The Morgan fingerprint density at radius 1 is 1.06 bits per heavy atom. The Morgan fingerprint density at radius 2 is 1.94 bits per heavy atom. The molecule has 0 atom stereocenters. The zero-order chi connectivity index (χ0) is 11.8. The Bertz CT molecular complexity index is 440. The minimum absolute atomic E-state index is 0.441. The summed E-state index contributed by atoms with van der Waals surface area (Å²) in [6, 6.07) is 13.6. The molecule has 17 heavy (non-hydrogen) atoms.